The minimum Gasteiger partial charge on any atom is -0.383 e. The van der Waals surface area contributed by atoms with Crippen molar-refractivity contribution in [1.82, 2.24) is 5.32 Å². The van der Waals surface area contributed by atoms with Crippen molar-refractivity contribution in [2.75, 3.05) is 26.8 Å². The van der Waals surface area contributed by atoms with E-state index in [1.165, 1.54) is 0 Å². The van der Waals surface area contributed by atoms with Crippen LogP contribution in [0.1, 0.15) is 13.8 Å². The highest BCUT2D eigenvalue weighted by Crippen LogP contribution is 2.13. The molecule has 0 aliphatic rings. The van der Waals surface area contributed by atoms with Gasteiger partial charge >= 0.3 is 0 Å². The van der Waals surface area contributed by atoms with Crippen LogP contribution in [0.15, 0.2) is 12.7 Å². The summed E-state index contributed by atoms with van der Waals surface area (Å²) in [6.45, 7) is 10.7. The number of methoxy groups -OCH3 is 1. The molecule has 0 aromatic rings. The highest BCUT2D eigenvalue weighted by molar-refractivity contribution is 4.88. The summed E-state index contributed by atoms with van der Waals surface area (Å²) in [5.74, 6) is 0. The van der Waals surface area contributed by atoms with E-state index < -0.39 is 0 Å². The lowest BCUT2D eigenvalue weighted by atomic mass is 9.94. The average Bonchev–Trinajstić information content (AvgIpc) is 1.99. The minimum atomic E-state index is 0.188. The van der Waals surface area contributed by atoms with Gasteiger partial charge in [-0.15, -0.1) is 6.58 Å². The van der Waals surface area contributed by atoms with E-state index in [4.69, 9.17) is 4.74 Å². The fourth-order valence-corrected chi connectivity index (χ4v) is 0.657. The molecule has 1 N–H and O–H groups in total. The molecule has 0 saturated carbocycles. The summed E-state index contributed by atoms with van der Waals surface area (Å²) in [7, 11) is 1.71. The molecule has 0 spiro atoms. The summed E-state index contributed by atoms with van der Waals surface area (Å²) in [6, 6.07) is 0. The van der Waals surface area contributed by atoms with Crippen molar-refractivity contribution < 1.29 is 4.74 Å². The van der Waals surface area contributed by atoms with Gasteiger partial charge in [0.2, 0.25) is 0 Å². The van der Waals surface area contributed by atoms with Crippen molar-refractivity contribution in [3.05, 3.63) is 12.7 Å². The van der Waals surface area contributed by atoms with Crippen LogP contribution in [0.25, 0.3) is 0 Å². The van der Waals surface area contributed by atoms with Gasteiger partial charge in [0.1, 0.15) is 0 Å². The number of nitrogens with one attached hydrogen (secondary N) is 1. The van der Waals surface area contributed by atoms with Crippen molar-refractivity contribution in [2.45, 2.75) is 13.8 Å². The van der Waals surface area contributed by atoms with Crippen LogP contribution in [0.2, 0.25) is 0 Å². The van der Waals surface area contributed by atoms with Gasteiger partial charge in [-0.05, 0) is 5.41 Å². The standard InChI is InChI=1S/C9H19NO/c1-5-9(2,3)8-10-6-7-11-4/h5,10H,1,6-8H2,2-4H3. The van der Waals surface area contributed by atoms with Crippen LogP contribution in [-0.2, 0) is 4.74 Å². The first-order valence-electron chi connectivity index (χ1n) is 3.95. The Kier molecular flexibility index (Phi) is 5.16. The molecule has 0 bridgehead atoms. The molecule has 0 aromatic heterocycles. The Balaban J connectivity index is 3.30. The normalized spacial score (nSPS) is 11.5. The van der Waals surface area contributed by atoms with Gasteiger partial charge in [-0.1, -0.05) is 19.9 Å². The summed E-state index contributed by atoms with van der Waals surface area (Å²) in [4.78, 5) is 0. The maximum Gasteiger partial charge on any atom is 0.0587 e. The van der Waals surface area contributed by atoms with E-state index in [-0.39, 0.29) is 5.41 Å². The predicted octanol–water partition coefficient (Wildman–Crippen LogP) is 1.43. The molecule has 0 fully saturated rings. The lowest BCUT2D eigenvalue weighted by Gasteiger charge is -2.19. The number of hydrogen-bond donors (Lipinski definition) is 1. The number of rotatable bonds is 6. The van der Waals surface area contributed by atoms with Crippen molar-refractivity contribution in [1.29, 1.82) is 0 Å². The third kappa shape index (κ3) is 6.07. The fourth-order valence-electron chi connectivity index (χ4n) is 0.657. The highest BCUT2D eigenvalue weighted by Gasteiger charge is 2.10. The molecule has 2 heteroatoms. The summed E-state index contributed by atoms with van der Waals surface area (Å²) in [5.41, 5.74) is 0.188. The molecule has 2 nitrogen and oxygen atoms in total. The largest absolute Gasteiger partial charge is 0.383 e. The molecule has 0 aliphatic heterocycles. The molecule has 0 heterocycles. The van der Waals surface area contributed by atoms with Gasteiger partial charge < -0.3 is 10.1 Å². The Morgan fingerprint density at radius 3 is 2.64 bits per heavy atom. The summed E-state index contributed by atoms with van der Waals surface area (Å²) in [6.07, 6.45) is 1.97. The molecule has 11 heavy (non-hydrogen) atoms. The van der Waals surface area contributed by atoms with Crippen molar-refractivity contribution in [3.8, 4) is 0 Å². The fraction of sp³-hybridized carbons (Fsp3) is 0.778. The van der Waals surface area contributed by atoms with Gasteiger partial charge in [-0.2, -0.15) is 0 Å². The Bertz CT molecular complexity index is 110. The Morgan fingerprint density at radius 1 is 1.55 bits per heavy atom. The highest BCUT2D eigenvalue weighted by atomic mass is 16.5. The van der Waals surface area contributed by atoms with E-state index in [1.54, 1.807) is 7.11 Å². The van der Waals surface area contributed by atoms with Crippen LogP contribution in [-0.4, -0.2) is 26.8 Å². The summed E-state index contributed by atoms with van der Waals surface area (Å²) >= 11 is 0. The van der Waals surface area contributed by atoms with Crippen LogP contribution >= 0.6 is 0 Å². The number of hydrogen-bond acceptors (Lipinski definition) is 2. The van der Waals surface area contributed by atoms with Gasteiger partial charge in [0.05, 0.1) is 6.61 Å². The van der Waals surface area contributed by atoms with Crippen LogP contribution in [0.5, 0.6) is 0 Å². The monoisotopic (exact) mass is 157 g/mol. The molecule has 0 atom stereocenters. The smallest absolute Gasteiger partial charge is 0.0587 e. The maximum absolute atomic E-state index is 4.90. The second kappa shape index (κ2) is 5.33. The first-order chi connectivity index (χ1) is 5.12. The zero-order valence-electron chi connectivity index (χ0n) is 7.81. The van der Waals surface area contributed by atoms with Crippen molar-refractivity contribution in [3.63, 3.8) is 0 Å². The van der Waals surface area contributed by atoms with Gasteiger partial charge in [-0.3, -0.25) is 0 Å². The molecule has 0 amide bonds. The van der Waals surface area contributed by atoms with E-state index in [0.29, 0.717) is 0 Å². The van der Waals surface area contributed by atoms with E-state index >= 15 is 0 Å². The van der Waals surface area contributed by atoms with Crippen molar-refractivity contribution in [2.24, 2.45) is 5.41 Å². The number of ether oxygens (including phenoxy) is 1. The third-order valence-electron chi connectivity index (χ3n) is 1.62. The first kappa shape index (κ1) is 10.7. The zero-order valence-corrected chi connectivity index (χ0v) is 7.81. The van der Waals surface area contributed by atoms with E-state index in [1.807, 2.05) is 6.08 Å². The van der Waals surface area contributed by atoms with Crippen molar-refractivity contribution >= 4 is 0 Å². The van der Waals surface area contributed by atoms with Crippen LogP contribution in [0.4, 0.5) is 0 Å². The molecule has 66 valence electrons. The molecule has 0 rings (SSSR count). The van der Waals surface area contributed by atoms with E-state index in [2.05, 4.69) is 25.7 Å². The van der Waals surface area contributed by atoms with Gasteiger partial charge in [0.15, 0.2) is 0 Å². The second-order valence-electron chi connectivity index (χ2n) is 3.36. The van der Waals surface area contributed by atoms with Gasteiger partial charge in [0, 0.05) is 20.2 Å². The molecule has 0 aromatic carbocycles. The maximum atomic E-state index is 4.90. The molecular weight excluding hydrogens is 138 g/mol. The second-order valence-corrected chi connectivity index (χ2v) is 3.36. The predicted molar refractivity (Wildman–Crippen MR) is 48.7 cm³/mol. The van der Waals surface area contributed by atoms with E-state index in [9.17, 15) is 0 Å². The third-order valence-corrected chi connectivity index (χ3v) is 1.62. The van der Waals surface area contributed by atoms with E-state index in [0.717, 1.165) is 19.7 Å². The zero-order chi connectivity index (χ0) is 8.74. The Hall–Kier alpha value is -0.340. The summed E-state index contributed by atoms with van der Waals surface area (Å²) in [5, 5.41) is 3.28. The minimum absolute atomic E-state index is 0.188. The quantitative estimate of drug-likeness (QED) is 0.465. The Morgan fingerprint density at radius 2 is 2.18 bits per heavy atom. The molecule has 0 unspecified atom stereocenters. The van der Waals surface area contributed by atoms with Crippen LogP contribution in [0, 0.1) is 5.41 Å². The van der Waals surface area contributed by atoms with Gasteiger partial charge in [0.25, 0.3) is 0 Å². The summed E-state index contributed by atoms with van der Waals surface area (Å²) < 4.78 is 4.90. The lowest BCUT2D eigenvalue weighted by molar-refractivity contribution is 0.196. The van der Waals surface area contributed by atoms with Gasteiger partial charge in [-0.25, -0.2) is 0 Å². The van der Waals surface area contributed by atoms with Crippen LogP contribution in [0.3, 0.4) is 0 Å². The average molecular weight is 157 g/mol. The molecule has 0 aliphatic carbocycles. The lowest BCUT2D eigenvalue weighted by Crippen LogP contribution is -2.30. The first-order valence-corrected chi connectivity index (χ1v) is 3.95. The molecule has 0 saturated heterocycles. The SMILES string of the molecule is C=CC(C)(C)CNCCOC. The topological polar surface area (TPSA) is 21.3 Å². The molecular formula is C9H19NO. The van der Waals surface area contributed by atoms with Crippen LogP contribution < -0.4 is 5.32 Å². The molecule has 0 radical (unpaired) electrons. The Labute approximate surface area is 69.6 Å².